The van der Waals surface area contributed by atoms with Gasteiger partial charge in [-0.2, -0.15) is 5.10 Å². The summed E-state index contributed by atoms with van der Waals surface area (Å²) in [5, 5.41) is 16.3. The number of anilines is 2. The van der Waals surface area contributed by atoms with E-state index in [1.54, 1.807) is 24.1 Å². The van der Waals surface area contributed by atoms with Crippen LogP contribution >= 0.6 is 0 Å². The number of urea groups is 1. The molecule has 3 fully saturated rings. The number of aliphatic hydroxyl groups is 1. The molecule has 4 amide bonds. The predicted octanol–water partition coefficient (Wildman–Crippen LogP) is 0.122. The van der Waals surface area contributed by atoms with Gasteiger partial charge < -0.3 is 14.9 Å². The second-order valence-corrected chi connectivity index (χ2v) is 9.44. The first-order chi connectivity index (χ1) is 16.9. The molecular formula is C23H30FN7O4. The van der Waals surface area contributed by atoms with E-state index in [9.17, 15) is 14.4 Å². The van der Waals surface area contributed by atoms with Gasteiger partial charge in [-0.15, -0.1) is 0 Å². The van der Waals surface area contributed by atoms with Gasteiger partial charge in [0.15, 0.2) is 11.6 Å². The number of nitrogens with zero attached hydrogens (tertiary/aromatic N) is 6. The van der Waals surface area contributed by atoms with Crippen LogP contribution < -0.4 is 15.1 Å². The molecule has 0 unspecified atom stereocenters. The summed E-state index contributed by atoms with van der Waals surface area (Å²) in [5.41, 5.74) is 0.829. The first-order valence-electron chi connectivity index (χ1n) is 12.0. The Labute approximate surface area is 202 Å². The van der Waals surface area contributed by atoms with Crippen molar-refractivity contribution in [3.63, 3.8) is 0 Å². The average molecular weight is 488 g/mol. The van der Waals surface area contributed by atoms with Crippen molar-refractivity contribution in [1.82, 2.24) is 24.9 Å². The molecule has 1 aromatic heterocycles. The number of carbonyl (C=O) groups excluding carboxylic acids is 3. The summed E-state index contributed by atoms with van der Waals surface area (Å²) < 4.78 is 17.1. The fraction of sp³-hybridized carbons (Fsp3) is 0.565. The van der Waals surface area contributed by atoms with Gasteiger partial charge in [-0.25, -0.2) is 9.18 Å². The van der Waals surface area contributed by atoms with E-state index >= 15 is 4.39 Å². The minimum Gasteiger partial charge on any atom is -0.387 e. The van der Waals surface area contributed by atoms with Crippen molar-refractivity contribution in [2.75, 3.05) is 68.8 Å². The molecule has 0 spiro atoms. The molecule has 3 aliphatic heterocycles. The highest BCUT2D eigenvalue weighted by molar-refractivity contribution is 6.09. The normalized spacial score (nSPS) is 21.8. The fourth-order valence-corrected chi connectivity index (χ4v) is 5.35. The summed E-state index contributed by atoms with van der Waals surface area (Å²) >= 11 is 0. The van der Waals surface area contributed by atoms with Gasteiger partial charge >= 0.3 is 6.03 Å². The standard InChI is InChI=1S/C23H30FN7O4/c1-27-21-16(22(26-27)31-7-5-18(33)25-23(31)35)2-3-17(20(21)24)29-10-8-28(9-11-29)12-15-4-6-30(13-15)19(34)14-32/h2-3,15,32H,4-14H2,1H3,(H,25,33,35)/t15-/m1/s1. The third kappa shape index (κ3) is 4.43. The average Bonchev–Trinajstić information content (AvgIpc) is 3.44. The van der Waals surface area contributed by atoms with Crippen LogP contribution in [0.25, 0.3) is 10.9 Å². The first kappa shape index (κ1) is 23.5. The lowest BCUT2D eigenvalue weighted by atomic mass is 10.1. The minimum atomic E-state index is -0.548. The lowest BCUT2D eigenvalue weighted by molar-refractivity contribution is -0.133. The molecule has 188 valence electrons. The van der Waals surface area contributed by atoms with Crippen molar-refractivity contribution in [1.29, 1.82) is 0 Å². The molecule has 0 radical (unpaired) electrons. The monoisotopic (exact) mass is 487 g/mol. The number of nitrogens with one attached hydrogen (secondary N) is 1. The van der Waals surface area contributed by atoms with Crippen LogP contribution in [0.2, 0.25) is 0 Å². The predicted molar refractivity (Wildman–Crippen MR) is 127 cm³/mol. The number of aryl methyl sites for hydroxylation is 1. The molecule has 1 atom stereocenters. The molecule has 3 aliphatic rings. The number of aromatic nitrogens is 2. The third-order valence-electron chi connectivity index (χ3n) is 7.22. The maximum Gasteiger partial charge on any atom is 0.329 e. The van der Waals surface area contributed by atoms with Gasteiger partial charge in [-0.05, 0) is 24.5 Å². The summed E-state index contributed by atoms with van der Waals surface area (Å²) in [4.78, 5) is 42.9. The highest BCUT2D eigenvalue weighted by Gasteiger charge is 2.31. The van der Waals surface area contributed by atoms with E-state index in [0.717, 1.165) is 26.1 Å². The number of likely N-dealkylation sites (tertiary alicyclic amines) is 1. The number of aliphatic hydroxyl groups excluding tert-OH is 1. The maximum absolute atomic E-state index is 15.7. The number of halogens is 1. The van der Waals surface area contributed by atoms with Gasteiger partial charge in [0.05, 0.1) is 5.69 Å². The van der Waals surface area contributed by atoms with Crippen molar-refractivity contribution in [2.45, 2.75) is 12.8 Å². The van der Waals surface area contributed by atoms with Gasteiger partial charge in [0, 0.05) is 71.2 Å². The van der Waals surface area contributed by atoms with E-state index in [2.05, 4.69) is 15.3 Å². The Balaban J connectivity index is 1.26. The number of fused-ring (bicyclic) bond motifs is 1. The Morgan fingerprint density at radius 1 is 1.17 bits per heavy atom. The fourth-order valence-electron chi connectivity index (χ4n) is 5.35. The summed E-state index contributed by atoms with van der Waals surface area (Å²) in [6.07, 6.45) is 1.11. The van der Waals surface area contributed by atoms with Crippen LogP contribution in [-0.4, -0.2) is 101 Å². The highest BCUT2D eigenvalue weighted by atomic mass is 19.1. The van der Waals surface area contributed by atoms with E-state index < -0.39 is 12.6 Å². The Morgan fingerprint density at radius 3 is 2.66 bits per heavy atom. The van der Waals surface area contributed by atoms with Crippen LogP contribution in [0.3, 0.4) is 0 Å². The highest BCUT2D eigenvalue weighted by Crippen LogP contribution is 2.34. The van der Waals surface area contributed by atoms with Gasteiger partial charge in [-0.3, -0.25) is 29.4 Å². The second-order valence-electron chi connectivity index (χ2n) is 9.44. The molecule has 35 heavy (non-hydrogen) atoms. The molecule has 1 aromatic carbocycles. The number of amides is 4. The minimum absolute atomic E-state index is 0.172. The summed E-state index contributed by atoms with van der Waals surface area (Å²) in [7, 11) is 1.65. The van der Waals surface area contributed by atoms with Crippen LogP contribution in [-0.2, 0) is 16.6 Å². The summed E-state index contributed by atoms with van der Waals surface area (Å²) in [6, 6.07) is 2.98. The number of imide groups is 1. The van der Waals surface area contributed by atoms with Crippen molar-refractivity contribution in [3.8, 4) is 0 Å². The lowest BCUT2D eigenvalue weighted by Gasteiger charge is -2.37. The van der Waals surface area contributed by atoms with Crippen molar-refractivity contribution >= 4 is 40.3 Å². The van der Waals surface area contributed by atoms with Crippen molar-refractivity contribution in [3.05, 3.63) is 17.9 Å². The number of hydrogen-bond donors (Lipinski definition) is 2. The molecule has 0 saturated carbocycles. The van der Waals surface area contributed by atoms with Gasteiger partial charge in [-0.1, -0.05) is 0 Å². The van der Waals surface area contributed by atoms with E-state index in [4.69, 9.17) is 5.11 Å². The van der Waals surface area contributed by atoms with Crippen LogP contribution in [0.15, 0.2) is 12.1 Å². The molecule has 4 heterocycles. The number of carbonyl (C=O) groups is 3. The third-order valence-corrected chi connectivity index (χ3v) is 7.22. The van der Waals surface area contributed by atoms with Crippen molar-refractivity contribution in [2.24, 2.45) is 13.0 Å². The summed E-state index contributed by atoms with van der Waals surface area (Å²) in [6.45, 7) is 4.95. The molecule has 3 saturated heterocycles. The Hall–Kier alpha value is -3.25. The number of benzene rings is 1. The number of rotatable bonds is 5. The molecule has 5 rings (SSSR count). The maximum atomic E-state index is 15.7. The Bertz CT molecular complexity index is 1160. The first-order valence-corrected chi connectivity index (χ1v) is 12.0. The van der Waals surface area contributed by atoms with Crippen molar-refractivity contribution < 1.29 is 23.9 Å². The van der Waals surface area contributed by atoms with Crippen LogP contribution in [0.5, 0.6) is 0 Å². The topological polar surface area (TPSA) is 114 Å². The van der Waals surface area contributed by atoms with Crippen LogP contribution in [0.1, 0.15) is 12.8 Å². The molecule has 2 aromatic rings. The van der Waals surface area contributed by atoms with Gasteiger partial charge in [0.1, 0.15) is 12.1 Å². The SMILES string of the molecule is Cn1nc(N2CCC(=O)NC2=O)c2ccc(N3CCN(C[C@H]4CCN(C(=O)CO)C4)CC3)c(F)c21. The summed E-state index contributed by atoms with van der Waals surface area (Å²) in [5.74, 6) is -0.188. The van der Waals surface area contributed by atoms with Gasteiger partial charge in [0.2, 0.25) is 11.8 Å². The number of hydrogen-bond acceptors (Lipinski definition) is 7. The molecule has 12 heteroatoms. The zero-order valence-corrected chi connectivity index (χ0v) is 19.7. The molecule has 2 N–H and O–H groups in total. The Kier molecular flexibility index (Phi) is 6.32. The zero-order chi connectivity index (χ0) is 24.7. The molecule has 11 nitrogen and oxygen atoms in total. The quantitative estimate of drug-likeness (QED) is 0.616. The molecule has 0 aliphatic carbocycles. The van der Waals surface area contributed by atoms with Crippen LogP contribution in [0, 0.1) is 11.7 Å². The second kappa shape index (κ2) is 9.42. The largest absolute Gasteiger partial charge is 0.387 e. The Morgan fingerprint density at radius 2 is 1.94 bits per heavy atom. The number of piperazine rings is 1. The van der Waals surface area contributed by atoms with E-state index in [0.29, 0.717) is 54.5 Å². The van der Waals surface area contributed by atoms with Gasteiger partial charge in [0.25, 0.3) is 0 Å². The lowest BCUT2D eigenvalue weighted by Crippen LogP contribution is -2.49. The smallest absolute Gasteiger partial charge is 0.329 e. The molecular weight excluding hydrogens is 457 g/mol. The zero-order valence-electron chi connectivity index (χ0n) is 19.7. The van der Waals surface area contributed by atoms with E-state index in [1.165, 1.54) is 9.58 Å². The van der Waals surface area contributed by atoms with E-state index in [1.807, 2.05) is 4.90 Å². The van der Waals surface area contributed by atoms with E-state index in [-0.39, 0.29) is 30.6 Å². The van der Waals surface area contributed by atoms with Crippen LogP contribution in [0.4, 0.5) is 20.7 Å². The molecule has 0 bridgehead atoms.